The lowest BCUT2D eigenvalue weighted by molar-refractivity contribution is -0.0950. The summed E-state index contributed by atoms with van der Waals surface area (Å²) in [5.74, 6) is 1.35. The highest BCUT2D eigenvalue weighted by molar-refractivity contribution is 5.24. The average molecular weight is 276 g/mol. The van der Waals surface area contributed by atoms with Gasteiger partial charge in [-0.1, -0.05) is 45.0 Å². The first-order chi connectivity index (χ1) is 9.63. The van der Waals surface area contributed by atoms with Crippen molar-refractivity contribution >= 4 is 0 Å². The second-order valence-corrected chi connectivity index (χ2v) is 6.53. The van der Waals surface area contributed by atoms with Gasteiger partial charge in [0.15, 0.2) is 0 Å². The minimum atomic E-state index is 0.289. The van der Waals surface area contributed by atoms with Gasteiger partial charge >= 0.3 is 0 Å². The van der Waals surface area contributed by atoms with E-state index in [-0.39, 0.29) is 6.10 Å². The van der Waals surface area contributed by atoms with E-state index in [1.165, 1.54) is 17.5 Å². The number of hydrogen-bond donors (Lipinski definition) is 0. The van der Waals surface area contributed by atoms with E-state index < -0.39 is 0 Å². The summed E-state index contributed by atoms with van der Waals surface area (Å²) in [6.45, 7) is 9.12. The highest BCUT2D eigenvalue weighted by atomic mass is 16.6. The first kappa shape index (κ1) is 15.5. The van der Waals surface area contributed by atoms with Gasteiger partial charge in [0.2, 0.25) is 0 Å². The summed E-state index contributed by atoms with van der Waals surface area (Å²) in [4.78, 5) is 0. The summed E-state index contributed by atoms with van der Waals surface area (Å²) < 4.78 is 11.2. The van der Waals surface area contributed by atoms with E-state index in [9.17, 15) is 0 Å². The molecule has 0 aromatic heterocycles. The van der Waals surface area contributed by atoms with Crippen LogP contribution in [0.2, 0.25) is 0 Å². The molecule has 1 aliphatic rings. The molecule has 2 nitrogen and oxygen atoms in total. The van der Waals surface area contributed by atoms with Gasteiger partial charge in [-0.05, 0) is 42.2 Å². The SMILES string of the molecule is CC(C)Cc1cccc(CC(C)CC2COCCO2)c1. The Labute approximate surface area is 123 Å². The van der Waals surface area contributed by atoms with Crippen molar-refractivity contribution in [2.75, 3.05) is 19.8 Å². The lowest BCUT2D eigenvalue weighted by atomic mass is 9.93. The molecule has 1 aliphatic heterocycles. The number of hydrogen-bond acceptors (Lipinski definition) is 2. The van der Waals surface area contributed by atoms with Crippen molar-refractivity contribution in [1.29, 1.82) is 0 Å². The third kappa shape index (κ3) is 5.26. The Morgan fingerprint density at radius 1 is 1.10 bits per heavy atom. The first-order valence-electron chi connectivity index (χ1n) is 7.90. The number of benzene rings is 1. The smallest absolute Gasteiger partial charge is 0.0812 e. The van der Waals surface area contributed by atoms with Crippen LogP contribution in [-0.4, -0.2) is 25.9 Å². The molecule has 0 N–H and O–H groups in total. The van der Waals surface area contributed by atoms with E-state index in [2.05, 4.69) is 45.0 Å². The van der Waals surface area contributed by atoms with Gasteiger partial charge in [0, 0.05) is 0 Å². The van der Waals surface area contributed by atoms with Crippen molar-refractivity contribution in [2.45, 2.75) is 46.1 Å². The van der Waals surface area contributed by atoms with Crippen LogP contribution in [0.4, 0.5) is 0 Å². The molecule has 2 heteroatoms. The summed E-state index contributed by atoms with van der Waals surface area (Å²) in [5.41, 5.74) is 2.91. The van der Waals surface area contributed by atoms with Crippen LogP contribution in [0.3, 0.4) is 0 Å². The van der Waals surface area contributed by atoms with Crippen molar-refractivity contribution in [3.05, 3.63) is 35.4 Å². The van der Waals surface area contributed by atoms with Crippen LogP contribution >= 0.6 is 0 Å². The Bertz CT molecular complexity index is 394. The molecule has 1 saturated heterocycles. The Balaban J connectivity index is 1.85. The summed E-state index contributed by atoms with van der Waals surface area (Å²) in [7, 11) is 0. The standard InChI is InChI=1S/C18H28O2/c1-14(2)9-16-5-4-6-17(12-16)10-15(3)11-18-13-19-7-8-20-18/h4-6,12,14-15,18H,7-11,13H2,1-3H3. The first-order valence-corrected chi connectivity index (χ1v) is 7.90. The van der Waals surface area contributed by atoms with Crippen LogP contribution in [0.1, 0.15) is 38.3 Å². The molecule has 2 atom stereocenters. The van der Waals surface area contributed by atoms with Gasteiger partial charge < -0.3 is 9.47 Å². The highest BCUT2D eigenvalue weighted by Crippen LogP contribution is 2.19. The Hall–Kier alpha value is -0.860. The molecular formula is C18H28O2. The summed E-state index contributed by atoms with van der Waals surface area (Å²) >= 11 is 0. The minimum Gasteiger partial charge on any atom is -0.376 e. The number of ether oxygens (including phenoxy) is 2. The maximum atomic E-state index is 5.74. The van der Waals surface area contributed by atoms with Gasteiger partial charge in [0.05, 0.1) is 25.9 Å². The third-order valence-electron chi connectivity index (χ3n) is 3.77. The molecule has 1 aromatic rings. The van der Waals surface area contributed by atoms with Crippen molar-refractivity contribution in [3.63, 3.8) is 0 Å². The van der Waals surface area contributed by atoms with Gasteiger partial charge in [0.1, 0.15) is 0 Å². The van der Waals surface area contributed by atoms with E-state index in [0.717, 1.165) is 38.6 Å². The van der Waals surface area contributed by atoms with Crippen LogP contribution < -0.4 is 0 Å². The molecule has 0 radical (unpaired) electrons. The largest absolute Gasteiger partial charge is 0.376 e. The molecule has 0 saturated carbocycles. The summed E-state index contributed by atoms with van der Waals surface area (Å²) in [6, 6.07) is 9.06. The second kappa shape index (κ2) is 7.80. The Morgan fingerprint density at radius 3 is 2.50 bits per heavy atom. The van der Waals surface area contributed by atoms with Crippen LogP contribution in [0.15, 0.2) is 24.3 Å². The monoisotopic (exact) mass is 276 g/mol. The zero-order valence-corrected chi connectivity index (χ0v) is 13.1. The zero-order valence-electron chi connectivity index (χ0n) is 13.1. The van der Waals surface area contributed by atoms with Gasteiger partial charge in [-0.15, -0.1) is 0 Å². The van der Waals surface area contributed by atoms with Crippen LogP contribution in [0.25, 0.3) is 0 Å². The van der Waals surface area contributed by atoms with E-state index >= 15 is 0 Å². The third-order valence-corrected chi connectivity index (χ3v) is 3.77. The second-order valence-electron chi connectivity index (χ2n) is 6.53. The maximum absolute atomic E-state index is 5.74. The molecular weight excluding hydrogens is 248 g/mol. The molecule has 0 aliphatic carbocycles. The summed E-state index contributed by atoms with van der Waals surface area (Å²) in [6.07, 6.45) is 3.68. The zero-order chi connectivity index (χ0) is 14.4. The quantitative estimate of drug-likeness (QED) is 0.785. The minimum absolute atomic E-state index is 0.289. The fourth-order valence-electron chi connectivity index (χ4n) is 2.96. The molecule has 0 spiro atoms. The molecule has 0 amide bonds. The maximum Gasteiger partial charge on any atom is 0.0812 e. The van der Waals surface area contributed by atoms with Gasteiger partial charge in [0.25, 0.3) is 0 Å². The lowest BCUT2D eigenvalue weighted by Gasteiger charge is -2.25. The Kier molecular flexibility index (Phi) is 6.06. The molecule has 1 aromatic carbocycles. The normalized spacial score (nSPS) is 21.1. The Morgan fingerprint density at radius 2 is 1.85 bits per heavy atom. The van der Waals surface area contributed by atoms with E-state index in [1.807, 2.05) is 0 Å². The summed E-state index contributed by atoms with van der Waals surface area (Å²) in [5, 5.41) is 0. The van der Waals surface area contributed by atoms with Crippen molar-refractivity contribution in [1.82, 2.24) is 0 Å². The molecule has 1 fully saturated rings. The molecule has 20 heavy (non-hydrogen) atoms. The van der Waals surface area contributed by atoms with Crippen molar-refractivity contribution in [2.24, 2.45) is 11.8 Å². The van der Waals surface area contributed by atoms with Crippen LogP contribution in [0, 0.1) is 11.8 Å². The molecule has 112 valence electrons. The van der Waals surface area contributed by atoms with Crippen molar-refractivity contribution in [3.8, 4) is 0 Å². The lowest BCUT2D eigenvalue weighted by Crippen LogP contribution is -2.30. The van der Waals surface area contributed by atoms with E-state index in [4.69, 9.17) is 9.47 Å². The molecule has 1 heterocycles. The fourth-order valence-corrected chi connectivity index (χ4v) is 2.96. The number of rotatable bonds is 6. The van der Waals surface area contributed by atoms with Crippen LogP contribution in [-0.2, 0) is 22.3 Å². The van der Waals surface area contributed by atoms with E-state index in [0.29, 0.717) is 5.92 Å². The van der Waals surface area contributed by atoms with Crippen molar-refractivity contribution < 1.29 is 9.47 Å². The highest BCUT2D eigenvalue weighted by Gasteiger charge is 2.17. The molecule has 2 rings (SSSR count). The van der Waals surface area contributed by atoms with Gasteiger partial charge in [-0.3, -0.25) is 0 Å². The van der Waals surface area contributed by atoms with Gasteiger partial charge in [-0.2, -0.15) is 0 Å². The average Bonchev–Trinajstić information content (AvgIpc) is 2.39. The fraction of sp³-hybridized carbons (Fsp3) is 0.667. The molecule has 0 bridgehead atoms. The van der Waals surface area contributed by atoms with E-state index in [1.54, 1.807) is 0 Å². The molecule has 2 unspecified atom stereocenters. The topological polar surface area (TPSA) is 18.5 Å². The predicted octanol–water partition coefficient (Wildman–Crippen LogP) is 3.87. The van der Waals surface area contributed by atoms with Crippen LogP contribution in [0.5, 0.6) is 0 Å². The predicted molar refractivity (Wildman–Crippen MR) is 83.0 cm³/mol. The van der Waals surface area contributed by atoms with Gasteiger partial charge in [-0.25, -0.2) is 0 Å².